The molecule has 1 aliphatic heterocycles. The number of hydrogen-bond donors (Lipinski definition) is 3. The Bertz CT molecular complexity index is 469. The number of benzene rings is 1. The van der Waals surface area contributed by atoms with E-state index >= 15 is 0 Å². The normalized spacial score (nSPS) is 25.4. The minimum atomic E-state index is -0.523. The smallest absolute Gasteiger partial charge is 0.170 e. The zero-order valence-electron chi connectivity index (χ0n) is 11.9. The van der Waals surface area contributed by atoms with Crippen LogP contribution in [-0.4, -0.2) is 39.7 Å². The monoisotopic (exact) mass is 277 g/mol. The second-order valence-corrected chi connectivity index (χ2v) is 5.81. The molecule has 20 heavy (non-hydrogen) atoms. The van der Waals surface area contributed by atoms with Gasteiger partial charge in [0.2, 0.25) is 0 Å². The summed E-state index contributed by atoms with van der Waals surface area (Å²) < 4.78 is 0. The topological polar surface area (TPSA) is 82.1 Å². The van der Waals surface area contributed by atoms with Crippen LogP contribution in [0.15, 0.2) is 29.4 Å². The number of likely N-dealkylation sites (tertiary alicyclic amines) is 1. The molecule has 1 aromatic rings. The summed E-state index contributed by atoms with van der Waals surface area (Å²) >= 11 is 0. The first-order valence-corrected chi connectivity index (χ1v) is 7.02. The van der Waals surface area contributed by atoms with Crippen molar-refractivity contribution in [3.05, 3.63) is 35.4 Å². The van der Waals surface area contributed by atoms with E-state index in [2.05, 4.69) is 10.1 Å². The van der Waals surface area contributed by atoms with Gasteiger partial charge in [-0.3, -0.25) is 4.90 Å². The van der Waals surface area contributed by atoms with Gasteiger partial charge in [-0.15, -0.1) is 0 Å². The number of amidine groups is 1. The Kier molecular flexibility index (Phi) is 4.62. The minimum Gasteiger partial charge on any atom is -0.409 e. The van der Waals surface area contributed by atoms with Gasteiger partial charge in [-0.2, -0.15) is 0 Å². The first-order valence-electron chi connectivity index (χ1n) is 7.02. The van der Waals surface area contributed by atoms with Gasteiger partial charge in [0.1, 0.15) is 0 Å². The number of hydrogen-bond acceptors (Lipinski definition) is 4. The predicted molar refractivity (Wildman–Crippen MR) is 78.7 cm³/mol. The third kappa shape index (κ3) is 3.95. The average molecular weight is 277 g/mol. The van der Waals surface area contributed by atoms with E-state index in [0.29, 0.717) is 0 Å². The van der Waals surface area contributed by atoms with E-state index in [-0.39, 0.29) is 5.84 Å². The molecular weight excluding hydrogens is 254 g/mol. The summed E-state index contributed by atoms with van der Waals surface area (Å²) in [6.45, 7) is 4.71. The Balaban J connectivity index is 1.96. The lowest BCUT2D eigenvalue weighted by molar-refractivity contribution is 0.0444. The van der Waals surface area contributed by atoms with Crippen LogP contribution in [-0.2, 0) is 6.54 Å². The van der Waals surface area contributed by atoms with Gasteiger partial charge in [0.05, 0.1) is 5.60 Å². The molecular formula is C15H23N3O2. The third-order valence-electron chi connectivity index (χ3n) is 3.92. The van der Waals surface area contributed by atoms with Crippen LogP contribution in [0, 0.1) is 0 Å². The van der Waals surface area contributed by atoms with Gasteiger partial charge < -0.3 is 16.0 Å². The van der Waals surface area contributed by atoms with Gasteiger partial charge in [0.25, 0.3) is 0 Å². The summed E-state index contributed by atoms with van der Waals surface area (Å²) in [5, 5.41) is 21.7. The van der Waals surface area contributed by atoms with E-state index in [1.807, 2.05) is 31.2 Å². The number of aliphatic hydroxyl groups is 1. The number of rotatable bonds is 3. The van der Waals surface area contributed by atoms with Crippen molar-refractivity contribution in [2.24, 2.45) is 10.9 Å². The average Bonchev–Trinajstić information content (AvgIpc) is 2.60. The molecule has 4 N–H and O–H groups in total. The fourth-order valence-corrected chi connectivity index (χ4v) is 2.57. The quantitative estimate of drug-likeness (QED) is 0.338. The maximum Gasteiger partial charge on any atom is 0.170 e. The van der Waals surface area contributed by atoms with Crippen molar-refractivity contribution >= 4 is 5.84 Å². The lowest BCUT2D eigenvalue weighted by Crippen LogP contribution is -2.28. The maximum absolute atomic E-state index is 10.1. The molecule has 0 saturated carbocycles. The molecule has 5 nitrogen and oxygen atoms in total. The molecule has 0 aliphatic carbocycles. The molecule has 1 aromatic carbocycles. The molecule has 1 aliphatic rings. The van der Waals surface area contributed by atoms with Gasteiger partial charge in [0, 0.05) is 18.7 Å². The SMILES string of the molecule is CC1(O)CCCN(Cc2ccc(/C(N)=N/O)cc2)CC1. The Hall–Kier alpha value is -1.59. The molecule has 1 atom stereocenters. The molecule has 0 amide bonds. The summed E-state index contributed by atoms with van der Waals surface area (Å²) in [4.78, 5) is 2.36. The molecule has 0 radical (unpaired) electrons. The van der Waals surface area contributed by atoms with Gasteiger partial charge in [-0.05, 0) is 38.3 Å². The number of nitrogens with zero attached hydrogens (tertiary/aromatic N) is 2. The van der Waals surface area contributed by atoms with Crippen LogP contribution < -0.4 is 5.73 Å². The van der Waals surface area contributed by atoms with E-state index in [0.717, 1.165) is 44.5 Å². The Morgan fingerprint density at radius 3 is 2.65 bits per heavy atom. The highest BCUT2D eigenvalue weighted by molar-refractivity contribution is 5.96. The van der Waals surface area contributed by atoms with Crippen LogP contribution in [0.3, 0.4) is 0 Å². The van der Waals surface area contributed by atoms with Crippen LogP contribution in [0.5, 0.6) is 0 Å². The molecule has 2 rings (SSSR count). The minimum absolute atomic E-state index is 0.127. The molecule has 0 bridgehead atoms. The van der Waals surface area contributed by atoms with Crippen LogP contribution in [0.2, 0.25) is 0 Å². The van der Waals surface area contributed by atoms with Crippen molar-refractivity contribution in [1.29, 1.82) is 0 Å². The molecule has 0 spiro atoms. The first kappa shape index (κ1) is 14.8. The van der Waals surface area contributed by atoms with E-state index in [1.54, 1.807) is 0 Å². The van der Waals surface area contributed by atoms with E-state index in [1.165, 1.54) is 5.56 Å². The fraction of sp³-hybridized carbons (Fsp3) is 0.533. The van der Waals surface area contributed by atoms with Crippen molar-refractivity contribution in [3.63, 3.8) is 0 Å². The second-order valence-electron chi connectivity index (χ2n) is 5.81. The number of oxime groups is 1. The van der Waals surface area contributed by atoms with E-state index in [4.69, 9.17) is 10.9 Å². The predicted octanol–water partition coefficient (Wildman–Crippen LogP) is 1.52. The molecule has 1 unspecified atom stereocenters. The molecule has 5 heteroatoms. The summed E-state index contributed by atoms with van der Waals surface area (Å²) in [6.07, 6.45) is 2.70. The lowest BCUT2D eigenvalue weighted by atomic mass is 9.98. The standard InChI is InChI=1S/C15H23N3O2/c1-15(19)7-2-9-18(10-8-15)11-12-3-5-13(6-4-12)14(16)17-20/h3-6,19-20H,2,7-11H2,1H3,(H2,16,17). The summed E-state index contributed by atoms with van der Waals surface area (Å²) in [6, 6.07) is 7.71. The zero-order chi connectivity index (χ0) is 14.6. The summed E-state index contributed by atoms with van der Waals surface area (Å²) in [5.41, 5.74) is 6.93. The highest BCUT2D eigenvalue weighted by Crippen LogP contribution is 2.22. The highest BCUT2D eigenvalue weighted by atomic mass is 16.4. The fourth-order valence-electron chi connectivity index (χ4n) is 2.57. The van der Waals surface area contributed by atoms with Crippen molar-refractivity contribution in [2.45, 2.75) is 38.3 Å². The van der Waals surface area contributed by atoms with E-state index < -0.39 is 5.60 Å². The lowest BCUT2D eigenvalue weighted by Gasteiger charge is -2.22. The van der Waals surface area contributed by atoms with Crippen LogP contribution in [0.1, 0.15) is 37.3 Å². The summed E-state index contributed by atoms with van der Waals surface area (Å²) in [7, 11) is 0. The van der Waals surface area contributed by atoms with Crippen LogP contribution in [0.4, 0.5) is 0 Å². The first-order chi connectivity index (χ1) is 9.50. The Labute approximate surface area is 119 Å². The van der Waals surface area contributed by atoms with Gasteiger partial charge in [-0.1, -0.05) is 29.4 Å². The Morgan fingerprint density at radius 2 is 2.00 bits per heavy atom. The number of nitrogens with two attached hydrogens (primary N) is 1. The second kappa shape index (κ2) is 6.24. The van der Waals surface area contributed by atoms with Crippen molar-refractivity contribution in [1.82, 2.24) is 4.90 Å². The van der Waals surface area contributed by atoms with Gasteiger partial charge in [-0.25, -0.2) is 0 Å². The zero-order valence-corrected chi connectivity index (χ0v) is 11.9. The Morgan fingerprint density at radius 1 is 1.30 bits per heavy atom. The van der Waals surface area contributed by atoms with Crippen LogP contribution >= 0.6 is 0 Å². The van der Waals surface area contributed by atoms with E-state index in [9.17, 15) is 5.11 Å². The highest BCUT2D eigenvalue weighted by Gasteiger charge is 2.24. The van der Waals surface area contributed by atoms with Crippen molar-refractivity contribution in [3.8, 4) is 0 Å². The molecule has 110 valence electrons. The molecule has 1 heterocycles. The molecule has 1 saturated heterocycles. The maximum atomic E-state index is 10.1. The summed E-state index contributed by atoms with van der Waals surface area (Å²) in [5.74, 6) is 0.127. The van der Waals surface area contributed by atoms with Crippen molar-refractivity contribution < 1.29 is 10.3 Å². The van der Waals surface area contributed by atoms with Gasteiger partial charge in [0.15, 0.2) is 5.84 Å². The largest absolute Gasteiger partial charge is 0.409 e. The third-order valence-corrected chi connectivity index (χ3v) is 3.92. The van der Waals surface area contributed by atoms with Gasteiger partial charge >= 0.3 is 0 Å². The molecule has 0 aromatic heterocycles. The molecule has 1 fully saturated rings. The van der Waals surface area contributed by atoms with Crippen LogP contribution in [0.25, 0.3) is 0 Å². The van der Waals surface area contributed by atoms with Crippen molar-refractivity contribution in [2.75, 3.05) is 13.1 Å².